The van der Waals surface area contributed by atoms with Gasteiger partial charge in [-0.2, -0.15) is 0 Å². The molecule has 3 nitrogen and oxygen atoms in total. The number of hydrogen-bond donors (Lipinski definition) is 2. The van der Waals surface area contributed by atoms with E-state index in [1.54, 1.807) is 7.05 Å². The van der Waals surface area contributed by atoms with Crippen molar-refractivity contribution in [1.29, 1.82) is 0 Å². The van der Waals surface area contributed by atoms with Crippen molar-refractivity contribution < 1.29 is 4.79 Å². The van der Waals surface area contributed by atoms with Gasteiger partial charge in [0.15, 0.2) is 0 Å². The molecule has 0 aliphatic carbocycles. The maximum absolute atomic E-state index is 11.7. The quantitative estimate of drug-likeness (QED) is 0.872. The highest BCUT2D eigenvalue weighted by Crippen LogP contribution is 2.27. The van der Waals surface area contributed by atoms with Gasteiger partial charge < -0.3 is 5.32 Å². The Balaban J connectivity index is 2.94. The van der Waals surface area contributed by atoms with E-state index >= 15 is 0 Å². The summed E-state index contributed by atoms with van der Waals surface area (Å²) in [6, 6.07) is 8.70. The van der Waals surface area contributed by atoms with Crippen LogP contribution in [-0.2, 0) is 10.2 Å². The number of carbonyl (C=O) groups excluding carboxylic acids is 1. The highest BCUT2D eigenvalue weighted by atomic mass is 16.2. The van der Waals surface area contributed by atoms with Crippen LogP contribution in [0.1, 0.15) is 58.7 Å². The van der Waals surface area contributed by atoms with Crippen LogP contribution >= 0.6 is 0 Å². The van der Waals surface area contributed by atoms with Crippen molar-refractivity contribution in [3.8, 4) is 0 Å². The molecule has 0 spiro atoms. The molecule has 0 heterocycles. The van der Waals surface area contributed by atoms with Crippen LogP contribution in [0.4, 0.5) is 0 Å². The number of hydrogen-bond acceptors (Lipinski definition) is 2. The maximum atomic E-state index is 11.7. The van der Waals surface area contributed by atoms with E-state index < -0.39 is 0 Å². The molecule has 0 aliphatic rings. The summed E-state index contributed by atoms with van der Waals surface area (Å²) in [6.07, 6.45) is 0. The molecule has 2 N–H and O–H groups in total. The fraction of sp³-hybridized carbons (Fsp3) is 0.611. The Bertz CT molecular complexity index is 457. The van der Waals surface area contributed by atoms with E-state index in [1.807, 2.05) is 6.92 Å². The van der Waals surface area contributed by atoms with Crippen molar-refractivity contribution in [1.82, 2.24) is 10.6 Å². The van der Waals surface area contributed by atoms with Crippen LogP contribution in [0, 0.1) is 5.92 Å². The molecule has 21 heavy (non-hydrogen) atoms. The first-order valence-corrected chi connectivity index (χ1v) is 7.75. The van der Waals surface area contributed by atoms with Crippen molar-refractivity contribution in [3.63, 3.8) is 0 Å². The van der Waals surface area contributed by atoms with Gasteiger partial charge in [0.25, 0.3) is 0 Å². The summed E-state index contributed by atoms with van der Waals surface area (Å²) in [7, 11) is 1.67. The van der Waals surface area contributed by atoms with Crippen LogP contribution in [-0.4, -0.2) is 19.0 Å². The third-order valence-corrected chi connectivity index (χ3v) is 3.87. The van der Waals surface area contributed by atoms with Crippen LogP contribution in [0.3, 0.4) is 0 Å². The second kappa shape index (κ2) is 7.08. The van der Waals surface area contributed by atoms with Crippen molar-refractivity contribution in [2.24, 2.45) is 5.92 Å². The Hall–Kier alpha value is -1.35. The zero-order valence-corrected chi connectivity index (χ0v) is 14.4. The summed E-state index contributed by atoms with van der Waals surface area (Å²) in [5, 5.41) is 6.12. The van der Waals surface area contributed by atoms with Gasteiger partial charge in [0.05, 0.1) is 6.04 Å². The first-order valence-electron chi connectivity index (χ1n) is 7.75. The van der Waals surface area contributed by atoms with E-state index in [1.165, 1.54) is 11.1 Å². The molecule has 3 heteroatoms. The van der Waals surface area contributed by atoms with Crippen LogP contribution in [0.25, 0.3) is 0 Å². The van der Waals surface area contributed by atoms with Crippen LogP contribution < -0.4 is 10.6 Å². The van der Waals surface area contributed by atoms with E-state index in [4.69, 9.17) is 0 Å². The summed E-state index contributed by atoms with van der Waals surface area (Å²) in [5.41, 5.74) is 2.72. The molecule has 0 aliphatic heterocycles. The molecular weight excluding hydrogens is 260 g/mol. The smallest absolute Gasteiger partial charge is 0.236 e. The number of rotatable bonds is 5. The van der Waals surface area contributed by atoms with Gasteiger partial charge in [0, 0.05) is 13.1 Å². The molecular formula is C18H30N2O. The lowest BCUT2D eigenvalue weighted by Gasteiger charge is -2.27. The Labute approximate surface area is 129 Å². The number of benzene rings is 1. The largest absolute Gasteiger partial charge is 0.358 e. The Kier molecular flexibility index (Phi) is 5.97. The fourth-order valence-corrected chi connectivity index (χ4v) is 2.43. The lowest BCUT2D eigenvalue weighted by Crippen LogP contribution is -2.43. The Morgan fingerprint density at radius 3 is 1.95 bits per heavy atom. The minimum atomic E-state index is -0.204. The van der Waals surface area contributed by atoms with Gasteiger partial charge in [-0.15, -0.1) is 0 Å². The molecule has 0 unspecified atom stereocenters. The zero-order valence-electron chi connectivity index (χ0n) is 14.4. The van der Waals surface area contributed by atoms with Crippen molar-refractivity contribution >= 4 is 5.91 Å². The highest BCUT2D eigenvalue weighted by Gasteiger charge is 2.22. The third-order valence-electron chi connectivity index (χ3n) is 3.87. The molecule has 0 fully saturated rings. The maximum Gasteiger partial charge on any atom is 0.236 e. The van der Waals surface area contributed by atoms with E-state index in [0.717, 1.165) is 0 Å². The molecule has 0 saturated heterocycles. The zero-order chi connectivity index (χ0) is 16.2. The van der Waals surface area contributed by atoms with E-state index in [-0.39, 0.29) is 23.4 Å². The fourth-order valence-electron chi connectivity index (χ4n) is 2.43. The van der Waals surface area contributed by atoms with Gasteiger partial charge in [0.2, 0.25) is 5.91 Å². The van der Waals surface area contributed by atoms with Crippen LogP contribution in [0.2, 0.25) is 0 Å². The molecule has 1 rings (SSSR count). The van der Waals surface area contributed by atoms with Crippen LogP contribution in [0.5, 0.6) is 0 Å². The predicted molar refractivity (Wildman–Crippen MR) is 89.4 cm³/mol. The Morgan fingerprint density at radius 2 is 1.57 bits per heavy atom. The van der Waals surface area contributed by atoms with Gasteiger partial charge in [-0.1, -0.05) is 58.9 Å². The van der Waals surface area contributed by atoms with E-state index in [2.05, 4.69) is 69.5 Å². The molecule has 2 atom stereocenters. The summed E-state index contributed by atoms with van der Waals surface area (Å²) < 4.78 is 0. The average Bonchev–Trinajstić information content (AvgIpc) is 2.42. The third kappa shape index (κ3) is 4.85. The number of likely N-dealkylation sites (N-methyl/N-ethyl adjacent to an activating group) is 1. The molecule has 0 radical (unpaired) electrons. The SMILES string of the molecule is CNC(=O)[C@H](C)N[C@H](c1ccc(C(C)(C)C)cc1)C(C)C. The van der Waals surface area contributed by atoms with Crippen molar-refractivity contribution in [2.45, 2.75) is 59.0 Å². The standard InChI is InChI=1S/C18H30N2O/c1-12(2)16(20-13(3)17(21)19-7)14-8-10-15(11-9-14)18(4,5)6/h8-13,16,20H,1-7H3,(H,19,21)/t13-,16-/m0/s1. The average molecular weight is 290 g/mol. The Morgan fingerprint density at radius 1 is 1.05 bits per heavy atom. The van der Waals surface area contributed by atoms with Crippen molar-refractivity contribution in [2.75, 3.05) is 7.05 Å². The monoisotopic (exact) mass is 290 g/mol. The molecule has 0 aromatic heterocycles. The van der Waals surface area contributed by atoms with Gasteiger partial charge in [-0.05, 0) is 29.4 Å². The molecule has 0 saturated carbocycles. The lowest BCUT2D eigenvalue weighted by atomic mass is 9.85. The number of carbonyl (C=O) groups is 1. The minimum absolute atomic E-state index is 0.0203. The number of amides is 1. The minimum Gasteiger partial charge on any atom is -0.358 e. The van der Waals surface area contributed by atoms with Gasteiger partial charge >= 0.3 is 0 Å². The first kappa shape index (κ1) is 17.7. The molecule has 1 amide bonds. The summed E-state index contributed by atoms with van der Waals surface area (Å²) in [6.45, 7) is 12.9. The van der Waals surface area contributed by atoms with E-state index in [0.29, 0.717) is 5.92 Å². The van der Waals surface area contributed by atoms with Gasteiger partial charge in [-0.25, -0.2) is 0 Å². The molecule has 118 valence electrons. The lowest BCUT2D eigenvalue weighted by molar-refractivity contribution is -0.122. The molecule has 1 aromatic rings. The normalized spacial score (nSPS) is 14.9. The van der Waals surface area contributed by atoms with Gasteiger partial charge in [0.1, 0.15) is 0 Å². The van der Waals surface area contributed by atoms with E-state index in [9.17, 15) is 4.79 Å². The second-order valence-electron chi connectivity index (χ2n) is 7.10. The van der Waals surface area contributed by atoms with Crippen LogP contribution in [0.15, 0.2) is 24.3 Å². The topological polar surface area (TPSA) is 41.1 Å². The summed E-state index contributed by atoms with van der Waals surface area (Å²) in [5.74, 6) is 0.435. The molecule has 0 bridgehead atoms. The van der Waals surface area contributed by atoms with Gasteiger partial charge in [-0.3, -0.25) is 10.1 Å². The second-order valence-corrected chi connectivity index (χ2v) is 7.10. The first-order chi connectivity index (χ1) is 9.66. The predicted octanol–water partition coefficient (Wildman–Crippen LogP) is 3.41. The number of nitrogens with one attached hydrogen (secondary N) is 2. The highest BCUT2D eigenvalue weighted by molar-refractivity contribution is 5.81. The molecule has 1 aromatic carbocycles. The summed E-state index contributed by atoms with van der Waals surface area (Å²) in [4.78, 5) is 11.7. The van der Waals surface area contributed by atoms with Crippen molar-refractivity contribution in [3.05, 3.63) is 35.4 Å². The summed E-state index contributed by atoms with van der Waals surface area (Å²) >= 11 is 0.